The van der Waals surface area contributed by atoms with Crippen molar-refractivity contribution in [3.05, 3.63) is 28.3 Å². The number of nitro benzene ring substituents is 1. The van der Waals surface area contributed by atoms with Gasteiger partial charge in [0.25, 0.3) is 5.69 Å². The van der Waals surface area contributed by atoms with Gasteiger partial charge in [-0.15, -0.1) is 0 Å². The number of aromatic nitrogens is 1. The fraction of sp³-hybridized carbons (Fsp3) is 0.333. The summed E-state index contributed by atoms with van der Waals surface area (Å²) >= 11 is 1.23. The van der Waals surface area contributed by atoms with Crippen LogP contribution in [0.15, 0.2) is 18.2 Å². The number of nitro groups is 1. The average molecular weight is 295 g/mol. The molecule has 0 aliphatic rings. The van der Waals surface area contributed by atoms with Crippen molar-refractivity contribution in [2.45, 2.75) is 13.8 Å². The van der Waals surface area contributed by atoms with Gasteiger partial charge in [0.1, 0.15) is 6.73 Å². The Morgan fingerprint density at radius 3 is 2.90 bits per heavy atom. The SMILES string of the molecule is CCOCN(C(C)=O)c1nc2ccc([N+](=O)[O-])cc2s1. The summed E-state index contributed by atoms with van der Waals surface area (Å²) in [6.45, 7) is 3.86. The molecule has 0 saturated carbocycles. The number of amides is 1. The van der Waals surface area contributed by atoms with Crippen molar-refractivity contribution in [3.63, 3.8) is 0 Å². The van der Waals surface area contributed by atoms with Crippen LogP contribution in [0.5, 0.6) is 0 Å². The van der Waals surface area contributed by atoms with Gasteiger partial charge in [-0.05, 0) is 13.0 Å². The van der Waals surface area contributed by atoms with Crippen LogP contribution in [0.3, 0.4) is 0 Å². The van der Waals surface area contributed by atoms with Gasteiger partial charge in [0, 0.05) is 25.7 Å². The van der Waals surface area contributed by atoms with E-state index in [1.807, 2.05) is 6.92 Å². The second-order valence-electron chi connectivity index (χ2n) is 3.97. The molecule has 1 aromatic carbocycles. The topological polar surface area (TPSA) is 85.6 Å². The molecule has 0 saturated heterocycles. The molecular weight excluding hydrogens is 282 g/mol. The Hall–Kier alpha value is -2.06. The van der Waals surface area contributed by atoms with Crippen LogP contribution >= 0.6 is 11.3 Å². The number of hydrogen-bond donors (Lipinski definition) is 0. The third kappa shape index (κ3) is 2.91. The number of anilines is 1. The third-order valence-corrected chi connectivity index (χ3v) is 3.65. The molecule has 0 atom stereocenters. The standard InChI is InChI=1S/C12H13N3O4S/c1-3-19-7-14(8(2)16)12-13-10-5-4-9(15(17)18)6-11(10)20-12/h4-6H,3,7H2,1-2H3. The minimum absolute atomic E-state index is 0.00637. The maximum atomic E-state index is 11.6. The molecule has 1 amide bonds. The first-order valence-corrected chi connectivity index (χ1v) is 6.75. The number of non-ortho nitro benzene ring substituents is 1. The summed E-state index contributed by atoms with van der Waals surface area (Å²) in [5.41, 5.74) is 0.630. The van der Waals surface area contributed by atoms with Gasteiger partial charge in [-0.3, -0.25) is 19.8 Å². The van der Waals surface area contributed by atoms with Gasteiger partial charge in [0.15, 0.2) is 5.13 Å². The molecule has 2 aromatic rings. The number of rotatable bonds is 5. The zero-order chi connectivity index (χ0) is 14.7. The number of nitrogens with zero attached hydrogens (tertiary/aromatic N) is 3. The predicted molar refractivity (Wildman–Crippen MR) is 75.9 cm³/mol. The van der Waals surface area contributed by atoms with Crippen molar-refractivity contribution in [1.82, 2.24) is 4.98 Å². The van der Waals surface area contributed by atoms with Crippen molar-refractivity contribution in [2.75, 3.05) is 18.2 Å². The Kier molecular flexibility index (Phi) is 4.26. The molecule has 7 nitrogen and oxygen atoms in total. The number of carbonyl (C=O) groups excluding carboxylic acids is 1. The number of thiazole rings is 1. The molecule has 106 valence electrons. The molecule has 20 heavy (non-hydrogen) atoms. The lowest BCUT2D eigenvalue weighted by molar-refractivity contribution is -0.384. The molecule has 0 N–H and O–H groups in total. The van der Waals surface area contributed by atoms with Crippen molar-refractivity contribution in [2.24, 2.45) is 0 Å². The minimum atomic E-state index is -0.457. The third-order valence-electron chi connectivity index (χ3n) is 2.61. The molecule has 0 spiro atoms. The summed E-state index contributed by atoms with van der Waals surface area (Å²) in [6.07, 6.45) is 0. The molecule has 0 aliphatic heterocycles. The molecule has 2 rings (SSSR count). The zero-order valence-corrected chi connectivity index (χ0v) is 11.8. The lowest BCUT2D eigenvalue weighted by atomic mass is 10.3. The summed E-state index contributed by atoms with van der Waals surface area (Å²) in [5.74, 6) is -0.188. The number of fused-ring (bicyclic) bond motifs is 1. The molecule has 0 unspecified atom stereocenters. The molecule has 1 heterocycles. The van der Waals surface area contributed by atoms with Crippen LogP contribution < -0.4 is 4.90 Å². The van der Waals surface area contributed by atoms with Crippen molar-refractivity contribution >= 4 is 38.3 Å². The van der Waals surface area contributed by atoms with Crippen LogP contribution in [0, 0.1) is 10.1 Å². The Bertz CT molecular complexity index is 655. The van der Waals surface area contributed by atoms with Crippen LogP contribution in [0.2, 0.25) is 0 Å². The lowest BCUT2D eigenvalue weighted by Gasteiger charge is -2.16. The molecule has 1 aromatic heterocycles. The van der Waals surface area contributed by atoms with Crippen molar-refractivity contribution < 1.29 is 14.5 Å². The highest BCUT2D eigenvalue weighted by atomic mass is 32.1. The van der Waals surface area contributed by atoms with Crippen molar-refractivity contribution in [3.8, 4) is 0 Å². The first-order chi connectivity index (χ1) is 9.52. The monoisotopic (exact) mass is 295 g/mol. The van der Waals surface area contributed by atoms with E-state index >= 15 is 0 Å². The zero-order valence-electron chi connectivity index (χ0n) is 11.0. The van der Waals surface area contributed by atoms with Gasteiger partial charge >= 0.3 is 0 Å². The highest BCUT2D eigenvalue weighted by Gasteiger charge is 2.17. The molecule has 0 radical (unpaired) electrons. The molecule has 8 heteroatoms. The van der Waals surface area contributed by atoms with Crippen LogP contribution in [-0.4, -0.2) is 29.2 Å². The van der Waals surface area contributed by atoms with Crippen LogP contribution in [-0.2, 0) is 9.53 Å². The fourth-order valence-electron chi connectivity index (χ4n) is 1.59. The molecular formula is C12H13N3O4S. The van der Waals surface area contributed by atoms with E-state index < -0.39 is 4.92 Å². The fourth-order valence-corrected chi connectivity index (χ4v) is 2.62. The Morgan fingerprint density at radius 1 is 1.55 bits per heavy atom. The first-order valence-electron chi connectivity index (χ1n) is 5.93. The second-order valence-corrected chi connectivity index (χ2v) is 4.98. The summed E-state index contributed by atoms with van der Waals surface area (Å²) in [5, 5.41) is 11.2. The molecule has 0 bridgehead atoms. The molecule has 0 aliphatic carbocycles. The van der Waals surface area contributed by atoms with E-state index in [-0.39, 0.29) is 18.3 Å². The number of hydrogen-bond acceptors (Lipinski definition) is 6. The smallest absolute Gasteiger partial charge is 0.270 e. The van der Waals surface area contributed by atoms with E-state index in [0.717, 1.165) is 0 Å². The van der Waals surface area contributed by atoms with Gasteiger partial charge in [-0.1, -0.05) is 11.3 Å². The van der Waals surface area contributed by atoms with E-state index in [1.165, 1.54) is 35.3 Å². The number of ether oxygens (including phenoxy) is 1. The largest absolute Gasteiger partial charge is 0.361 e. The Morgan fingerprint density at radius 2 is 2.30 bits per heavy atom. The normalized spacial score (nSPS) is 10.7. The minimum Gasteiger partial charge on any atom is -0.361 e. The lowest BCUT2D eigenvalue weighted by Crippen LogP contribution is -2.30. The average Bonchev–Trinajstić information content (AvgIpc) is 2.80. The Balaban J connectivity index is 2.38. The van der Waals surface area contributed by atoms with Gasteiger partial charge in [-0.2, -0.15) is 0 Å². The van der Waals surface area contributed by atoms with Crippen LogP contribution in [0.4, 0.5) is 10.8 Å². The van der Waals surface area contributed by atoms with Crippen molar-refractivity contribution in [1.29, 1.82) is 0 Å². The van der Waals surface area contributed by atoms with E-state index in [0.29, 0.717) is 22.0 Å². The highest BCUT2D eigenvalue weighted by molar-refractivity contribution is 7.22. The highest BCUT2D eigenvalue weighted by Crippen LogP contribution is 2.31. The van der Waals surface area contributed by atoms with E-state index in [4.69, 9.17) is 4.74 Å². The number of carbonyl (C=O) groups is 1. The Labute approximate surface area is 118 Å². The van der Waals surface area contributed by atoms with Gasteiger partial charge in [-0.25, -0.2) is 4.98 Å². The van der Waals surface area contributed by atoms with Crippen LogP contribution in [0.25, 0.3) is 10.2 Å². The summed E-state index contributed by atoms with van der Waals surface area (Å²) in [6, 6.07) is 4.43. The van der Waals surface area contributed by atoms with Gasteiger partial charge in [0.05, 0.1) is 15.1 Å². The molecule has 0 fully saturated rings. The summed E-state index contributed by atoms with van der Waals surface area (Å²) in [4.78, 5) is 27.6. The van der Waals surface area contributed by atoms with Gasteiger partial charge in [0.2, 0.25) is 5.91 Å². The van der Waals surface area contributed by atoms with E-state index in [9.17, 15) is 14.9 Å². The van der Waals surface area contributed by atoms with Gasteiger partial charge < -0.3 is 4.74 Å². The van der Waals surface area contributed by atoms with E-state index in [1.54, 1.807) is 6.07 Å². The summed E-state index contributed by atoms with van der Waals surface area (Å²) in [7, 11) is 0. The second kappa shape index (κ2) is 5.93. The van der Waals surface area contributed by atoms with Crippen LogP contribution in [0.1, 0.15) is 13.8 Å². The summed E-state index contributed by atoms with van der Waals surface area (Å²) < 4.78 is 5.90. The first kappa shape index (κ1) is 14.4. The quantitative estimate of drug-likeness (QED) is 0.480. The predicted octanol–water partition coefficient (Wildman–Crippen LogP) is 2.55. The maximum Gasteiger partial charge on any atom is 0.270 e. The van der Waals surface area contributed by atoms with E-state index in [2.05, 4.69) is 4.98 Å². The number of benzene rings is 1. The maximum absolute atomic E-state index is 11.6.